The van der Waals surface area contributed by atoms with Crippen molar-refractivity contribution in [3.63, 3.8) is 0 Å². The SMILES string of the molecule is CS(=O)c1ncc(C(F)(F)F)cn1. The Kier molecular flexibility index (Phi) is 2.65. The molecule has 0 N–H and O–H groups in total. The summed E-state index contributed by atoms with van der Waals surface area (Å²) < 4.78 is 46.6. The van der Waals surface area contributed by atoms with Gasteiger partial charge in [0.1, 0.15) is 0 Å². The molecule has 0 fully saturated rings. The molecule has 0 aliphatic rings. The number of hydrogen-bond acceptors (Lipinski definition) is 3. The Morgan fingerprint density at radius 2 is 1.77 bits per heavy atom. The fourth-order valence-electron chi connectivity index (χ4n) is 0.611. The third kappa shape index (κ3) is 2.48. The van der Waals surface area contributed by atoms with E-state index in [1.165, 1.54) is 6.26 Å². The Morgan fingerprint density at radius 3 is 2.08 bits per heavy atom. The average Bonchev–Trinajstić information content (AvgIpc) is 2.03. The van der Waals surface area contributed by atoms with Gasteiger partial charge in [-0.25, -0.2) is 9.97 Å². The van der Waals surface area contributed by atoms with Crippen LogP contribution in [0.2, 0.25) is 0 Å². The fourth-order valence-corrected chi connectivity index (χ4v) is 1.01. The summed E-state index contributed by atoms with van der Waals surface area (Å²) in [4.78, 5) is 6.63. The van der Waals surface area contributed by atoms with Crippen LogP contribution in [0.4, 0.5) is 13.2 Å². The lowest BCUT2D eigenvalue weighted by Gasteiger charge is -2.04. The number of halogens is 3. The molecule has 72 valence electrons. The van der Waals surface area contributed by atoms with Crippen molar-refractivity contribution < 1.29 is 17.4 Å². The Bertz CT molecular complexity index is 322. The highest BCUT2D eigenvalue weighted by Gasteiger charge is 2.31. The van der Waals surface area contributed by atoms with Crippen molar-refractivity contribution >= 4 is 10.8 Å². The highest BCUT2D eigenvalue weighted by atomic mass is 32.2. The van der Waals surface area contributed by atoms with Gasteiger partial charge in [0.05, 0.1) is 16.4 Å². The van der Waals surface area contributed by atoms with Crippen molar-refractivity contribution in [1.29, 1.82) is 0 Å². The average molecular weight is 210 g/mol. The van der Waals surface area contributed by atoms with Crippen LogP contribution in [0.25, 0.3) is 0 Å². The van der Waals surface area contributed by atoms with Crippen molar-refractivity contribution in [3.8, 4) is 0 Å². The quantitative estimate of drug-likeness (QED) is 0.655. The maximum absolute atomic E-state index is 12.0. The maximum Gasteiger partial charge on any atom is 0.419 e. The van der Waals surface area contributed by atoms with E-state index >= 15 is 0 Å². The van der Waals surface area contributed by atoms with E-state index in [1.54, 1.807) is 0 Å². The summed E-state index contributed by atoms with van der Waals surface area (Å²) in [6.07, 6.45) is -1.93. The third-order valence-electron chi connectivity index (χ3n) is 1.21. The van der Waals surface area contributed by atoms with E-state index in [2.05, 4.69) is 9.97 Å². The molecule has 7 heteroatoms. The van der Waals surface area contributed by atoms with Gasteiger partial charge in [-0.2, -0.15) is 13.2 Å². The number of rotatable bonds is 1. The van der Waals surface area contributed by atoms with Gasteiger partial charge < -0.3 is 0 Å². The second-order valence-electron chi connectivity index (χ2n) is 2.21. The first-order chi connectivity index (χ1) is 5.91. The van der Waals surface area contributed by atoms with E-state index in [1.807, 2.05) is 0 Å². The predicted octanol–water partition coefficient (Wildman–Crippen LogP) is 1.23. The first kappa shape index (κ1) is 10.1. The molecular weight excluding hydrogens is 205 g/mol. The van der Waals surface area contributed by atoms with E-state index in [0.717, 1.165) is 0 Å². The second kappa shape index (κ2) is 3.41. The minimum atomic E-state index is -4.45. The Morgan fingerprint density at radius 1 is 1.31 bits per heavy atom. The summed E-state index contributed by atoms with van der Waals surface area (Å²) >= 11 is 0. The third-order valence-corrected chi connectivity index (χ3v) is 1.94. The Labute approximate surface area is 74.5 Å². The van der Waals surface area contributed by atoms with Crippen LogP contribution in [0.5, 0.6) is 0 Å². The number of alkyl halides is 3. The molecule has 0 aliphatic carbocycles. The van der Waals surface area contributed by atoms with Gasteiger partial charge in [0.2, 0.25) is 5.16 Å². The minimum absolute atomic E-state index is 0.104. The fraction of sp³-hybridized carbons (Fsp3) is 0.333. The molecule has 1 unspecified atom stereocenters. The van der Waals surface area contributed by atoms with Crippen molar-refractivity contribution in [1.82, 2.24) is 9.97 Å². The molecule has 1 rings (SSSR count). The normalized spacial score (nSPS) is 14.2. The van der Waals surface area contributed by atoms with E-state index in [9.17, 15) is 17.4 Å². The molecule has 0 radical (unpaired) electrons. The summed E-state index contributed by atoms with van der Waals surface area (Å²) in [6.45, 7) is 0. The zero-order valence-corrected chi connectivity index (χ0v) is 7.32. The number of hydrogen-bond donors (Lipinski definition) is 0. The lowest BCUT2D eigenvalue weighted by Crippen LogP contribution is -2.07. The van der Waals surface area contributed by atoms with Crippen LogP contribution in [-0.2, 0) is 17.0 Å². The van der Waals surface area contributed by atoms with Crippen LogP contribution in [-0.4, -0.2) is 20.4 Å². The molecule has 13 heavy (non-hydrogen) atoms. The van der Waals surface area contributed by atoms with Crippen LogP contribution in [0.15, 0.2) is 17.6 Å². The summed E-state index contributed by atoms with van der Waals surface area (Å²) in [7, 11) is -1.45. The van der Waals surface area contributed by atoms with Gasteiger partial charge >= 0.3 is 6.18 Å². The van der Waals surface area contributed by atoms with Crippen LogP contribution in [0.3, 0.4) is 0 Å². The number of nitrogens with zero attached hydrogens (tertiary/aromatic N) is 2. The summed E-state index contributed by atoms with van der Waals surface area (Å²) in [6, 6.07) is 0. The molecule has 1 heterocycles. The van der Waals surface area contributed by atoms with Crippen molar-refractivity contribution in [3.05, 3.63) is 18.0 Å². The second-order valence-corrected chi connectivity index (χ2v) is 3.48. The van der Waals surface area contributed by atoms with Crippen molar-refractivity contribution in [2.75, 3.05) is 6.26 Å². The molecule has 1 aromatic heterocycles. The zero-order chi connectivity index (χ0) is 10.1. The first-order valence-corrected chi connectivity index (χ1v) is 4.70. The predicted molar refractivity (Wildman–Crippen MR) is 39.4 cm³/mol. The van der Waals surface area contributed by atoms with Gasteiger partial charge in [-0.15, -0.1) is 0 Å². The molecule has 0 saturated heterocycles. The summed E-state index contributed by atoms with van der Waals surface area (Å²) in [5, 5.41) is -0.104. The molecule has 0 saturated carbocycles. The first-order valence-electron chi connectivity index (χ1n) is 3.14. The smallest absolute Gasteiger partial charge is 0.251 e. The monoisotopic (exact) mass is 210 g/mol. The standard InChI is InChI=1S/C6H5F3N2OS/c1-13(12)5-10-2-4(3-11-5)6(7,8)9/h2-3H,1H3. The van der Waals surface area contributed by atoms with E-state index in [4.69, 9.17) is 0 Å². The molecule has 0 bridgehead atoms. The molecule has 0 amide bonds. The van der Waals surface area contributed by atoms with Gasteiger partial charge in [0, 0.05) is 18.6 Å². The largest absolute Gasteiger partial charge is 0.419 e. The molecule has 1 atom stereocenters. The topological polar surface area (TPSA) is 42.9 Å². The molecule has 0 aromatic carbocycles. The van der Waals surface area contributed by atoms with Gasteiger partial charge in [-0.05, 0) is 0 Å². The lowest BCUT2D eigenvalue weighted by atomic mass is 10.3. The molecule has 0 aliphatic heterocycles. The van der Waals surface area contributed by atoms with Gasteiger partial charge in [-0.3, -0.25) is 4.21 Å². The van der Waals surface area contributed by atoms with E-state index in [0.29, 0.717) is 12.4 Å². The maximum atomic E-state index is 12.0. The Balaban J connectivity index is 3.01. The van der Waals surface area contributed by atoms with Crippen LogP contribution in [0.1, 0.15) is 5.56 Å². The van der Waals surface area contributed by atoms with E-state index < -0.39 is 22.5 Å². The molecule has 3 nitrogen and oxygen atoms in total. The highest BCUT2D eigenvalue weighted by molar-refractivity contribution is 7.84. The van der Waals surface area contributed by atoms with Crippen LogP contribution < -0.4 is 0 Å². The number of aromatic nitrogens is 2. The van der Waals surface area contributed by atoms with Gasteiger partial charge in [0.25, 0.3) is 0 Å². The zero-order valence-electron chi connectivity index (χ0n) is 6.50. The molecule has 1 aromatic rings. The minimum Gasteiger partial charge on any atom is -0.251 e. The van der Waals surface area contributed by atoms with Gasteiger partial charge in [-0.1, -0.05) is 0 Å². The van der Waals surface area contributed by atoms with Crippen molar-refractivity contribution in [2.45, 2.75) is 11.3 Å². The van der Waals surface area contributed by atoms with Crippen LogP contribution >= 0.6 is 0 Å². The summed E-state index contributed by atoms with van der Waals surface area (Å²) in [5.74, 6) is 0. The lowest BCUT2D eigenvalue weighted by molar-refractivity contribution is -0.138. The van der Waals surface area contributed by atoms with Gasteiger partial charge in [0.15, 0.2) is 0 Å². The molecular formula is C6H5F3N2OS. The highest BCUT2D eigenvalue weighted by Crippen LogP contribution is 2.27. The van der Waals surface area contributed by atoms with E-state index in [-0.39, 0.29) is 5.16 Å². The Hall–Kier alpha value is -0.980. The van der Waals surface area contributed by atoms with Crippen molar-refractivity contribution in [2.24, 2.45) is 0 Å². The molecule has 0 spiro atoms. The summed E-state index contributed by atoms with van der Waals surface area (Å²) in [5.41, 5.74) is -0.943. The van der Waals surface area contributed by atoms with Crippen LogP contribution in [0, 0.1) is 0 Å².